The van der Waals surface area contributed by atoms with Gasteiger partial charge in [-0.3, -0.25) is 4.90 Å². The number of hydrogen-bond donors (Lipinski definition) is 0. The lowest BCUT2D eigenvalue weighted by Gasteiger charge is -2.31. The minimum atomic E-state index is 0.570. The molecule has 0 saturated carbocycles. The molecule has 1 saturated heterocycles. The zero-order chi connectivity index (χ0) is 13.8. The van der Waals surface area contributed by atoms with E-state index in [4.69, 9.17) is 4.74 Å². The molecule has 108 valence electrons. The summed E-state index contributed by atoms with van der Waals surface area (Å²) in [5.41, 5.74) is 0. The number of aromatic nitrogens is 4. The normalized spacial score (nSPS) is 20.1. The molecule has 1 unspecified atom stereocenters. The van der Waals surface area contributed by atoms with Crippen LogP contribution < -0.4 is 4.74 Å². The molecule has 1 atom stereocenters. The standard InChI is InChI=1S/C13H19N5OS/c1-17-10-15-16-12(17)8-18-5-2-3-11(7-18)9-19-13-14-4-6-20-13/h4,6,10-11H,2-3,5,7-9H2,1H3. The van der Waals surface area contributed by atoms with Gasteiger partial charge in [-0.25, -0.2) is 4.98 Å². The number of rotatable bonds is 5. The van der Waals surface area contributed by atoms with E-state index in [0.29, 0.717) is 5.92 Å². The molecule has 20 heavy (non-hydrogen) atoms. The molecule has 1 aliphatic rings. The monoisotopic (exact) mass is 293 g/mol. The van der Waals surface area contributed by atoms with E-state index in [9.17, 15) is 0 Å². The van der Waals surface area contributed by atoms with Crippen LogP contribution in [-0.4, -0.2) is 44.3 Å². The molecule has 7 heteroatoms. The summed E-state index contributed by atoms with van der Waals surface area (Å²) in [5, 5.41) is 10.8. The minimum absolute atomic E-state index is 0.570. The number of hydrogen-bond acceptors (Lipinski definition) is 6. The van der Waals surface area contributed by atoms with Crippen LogP contribution in [0.4, 0.5) is 0 Å². The highest BCUT2D eigenvalue weighted by atomic mass is 32.1. The molecule has 3 heterocycles. The molecule has 3 rings (SSSR count). The van der Waals surface area contributed by atoms with Gasteiger partial charge in [0.25, 0.3) is 5.19 Å². The minimum Gasteiger partial charge on any atom is -0.470 e. The lowest BCUT2D eigenvalue weighted by atomic mass is 9.99. The third-order valence-electron chi connectivity index (χ3n) is 3.63. The van der Waals surface area contributed by atoms with Gasteiger partial charge in [-0.1, -0.05) is 11.3 Å². The summed E-state index contributed by atoms with van der Waals surface area (Å²) < 4.78 is 7.72. The number of aryl methyl sites for hydroxylation is 1. The molecule has 0 aliphatic carbocycles. The van der Waals surface area contributed by atoms with Crippen molar-refractivity contribution in [2.75, 3.05) is 19.7 Å². The Morgan fingerprint density at radius 2 is 2.45 bits per heavy atom. The molecule has 0 radical (unpaired) electrons. The average Bonchev–Trinajstić information content (AvgIpc) is 3.10. The molecular weight excluding hydrogens is 274 g/mol. The van der Waals surface area contributed by atoms with E-state index in [1.165, 1.54) is 12.8 Å². The summed E-state index contributed by atoms with van der Waals surface area (Å²) >= 11 is 1.55. The molecule has 0 bridgehead atoms. The quantitative estimate of drug-likeness (QED) is 0.837. The molecular formula is C13H19N5OS. The Morgan fingerprint density at radius 1 is 1.50 bits per heavy atom. The van der Waals surface area contributed by atoms with Crippen molar-refractivity contribution in [2.45, 2.75) is 19.4 Å². The Balaban J connectivity index is 1.50. The van der Waals surface area contributed by atoms with E-state index in [2.05, 4.69) is 20.1 Å². The van der Waals surface area contributed by atoms with Crippen LogP contribution >= 0.6 is 11.3 Å². The molecule has 6 nitrogen and oxygen atoms in total. The Labute approximate surface area is 122 Å². The van der Waals surface area contributed by atoms with Crippen LogP contribution in [-0.2, 0) is 13.6 Å². The molecule has 1 fully saturated rings. The number of piperidine rings is 1. The Kier molecular flexibility index (Phi) is 4.27. The second-order valence-electron chi connectivity index (χ2n) is 5.21. The second-order valence-corrected chi connectivity index (χ2v) is 6.07. The third kappa shape index (κ3) is 3.34. The summed E-state index contributed by atoms with van der Waals surface area (Å²) in [5.74, 6) is 1.59. The van der Waals surface area contributed by atoms with Gasteiger partial charge in [-0.05, 0) is 19.4 Å². The summed E-state index contributed by atoms with van der Waals surface area (Å²) in [6, 6.07) is 0. The summed E-state index contributed by atoms with van der Waals surface area (Å²) in [6.07, 6.45) is 5.97. The zero-order valence-corrected chi connectivity index (χ0v) is 12.4. The first kappa shape index (κ1) is 13.5. The van der Waals surface area contributed by atoms with Crippen molar-refractivity contribution in [3.05, 3.63) is 23.7 Å². The van der Waals surface area contributed by atoms with E-state index in [-0.39, 0.29) is 0 Å². The van der Waals surface area contributed by atoms with E-state index < -0.39 is 0 Å². The van der Waals surface area contributed by atoms with Gasteiger partial charge in [0.05, 0.1) is 13.2 Å². The summed E-state index contributed by atoms with van der Waals surface area (Å²) in [4.78, 5) is 6.59. The fourth-order valence-corrected chi connectivity index (χ4v) is 3.05. The van der Waals surface area contributed by atoms with Crippen LogP contribution in [0.25, 0.3) is 0 Å². The number of thiazole rings is 1. The summed E-state index contributed by atoms with van der Waals surface area (Å²) in [6.45, 7) is 3.80. The van der Waals surface area contributed by atoms with Crippen LogP contribution in [0.5, 0.6) is 5.19 Å². The average molecular weight is 293 g/mol. The van der Waals surface area contributed by atoms with Gasteiger partial charge in [0.15, 0.2) is 0 Å². The van der Waals surface area contributed by atoms with Crippen LogP contribution in [0.3, 0.4) is 0 Å². The lowest BCUT2D eigenvalue weighted by molar-refractivity contribution is 0.122. The van der Waals surface area contributed by atoms with Gasteiger partial charge >= 0.3 is 0 Å². The Bertz CT molecular complexity index is 527. The van der Waals surface area contributed by atoms with Crippen molar-refractivity contribution >= 4 is 11.3 Å². The van der Waals surface area contributed by atoms with Crippen LogP contribution in [0.2, 0.25) is 0 Å². The third-order valence-corrected chi connectivity index (χ3v) is 4.31. The molecule has 0 N–H and O–H groups in total. The van der Waals surface area contributed by atoms with E-state index in [1.807, 2.05) is 17.0 Å². The molecule has 0 spiro atoms. The molecule has 2 aromatic rings. The van der Waals surface area contributed by atoms with Gasteiger partial charge in [0.1, 0.15) is 12.2 Å². The van der Waals surface area contributed by atoms with Gasteiger partial charge in [-0.15, -0.1) is 10.2 Å². The maximum absolute atomic E-state index is 5.74. The first-order valence-electron chi connectivity index (χ1n) is 6.89. The first-order valence-corrected chi connectivity index (χ1v) is 7.77. The van der Waals surface area contributed by atoms with Gasteiger partial charge < -0.3 is 9.30 Å². The summed E-state index contributed by atoms with van der Waals surface area (Å²) in [7, 11) is 1.99. The Hall–Kier alpha value is -1.47. The Morgan fingerprint density at radius 3 is 3.20 bits per heavy atom. The van der Waals surface area contributed by atoms with Gasteiger partial charge in [0, 0.05) is 31.1 Å². The van der Waals surface area contributed by atoms with Crippen molar-refractivity contribution in [3.8, 4) is 5.19 Å². The van der Waals surface area contributed by atoms with Crippen molar-refractivity contribution < 1.29 is 4.74 Å². The van der Waals surface area contributed by atoms with Crippen molar-refractivity contribution in [2.24, 2.45) is 13.0 Å². The highest BCUT2D eigenvalue weighted by Crippen LogP contribution is 2.20. The largest absolute Gasteiger partial charge is 0.470 e. The van der Waals surface area contributed by atoms with Crippen LogP contribution in [0.15, 0.2) is 17.9 Å². The SMILES string of the molecule is Cn1cnnc1CN1CCCC(COc2nccs2)C1. The number of likely N-dealkylation sites (tertiary alicyclic amines) is 1. The maximum atomic E-state index is 5.74. The predicted molar refractivity (Wildman–Crippen MR) is 76.6 cm³/mol. The lowest BCUT2D eigenvalue weighted by Crippen LogP contribution is -2.37. The molecule has 1 aliphatic heterocycles. The second kappa shape index (κ2) is 6.32. The number of ether oxygens (including phenoxy) is 1. The van der Waals surface area contributed by atoms with Crippen molar-refractivity contribution in [3.63, 3.8) is 0 Å². The number of nitrogens with zero attached hydrogens (tertiary/aromatic N) is 5. The fourth-order valence-electron chi connectivity index (χ4n) is 2.55. The van der Waals surface area contributed by atoms with Crippen LogP contribution in [0, 0.1) is 5.92 Å². The zero-order valence-electron chi connectivity index (χ0n) is 11.6. The fraction of sp³-hybridized carbons (Fsp3) is 0.615. The van der Waals surface area contributed by atoms with Crippen LogP contribution in [0.1, 0.15) is 18.7 Å². The van der Waals surface area contributed by atoms with Crippen molar-refractivity contribution in [1.82, 2.24) is 24.6 Å². The van der Waals surface area contributed by atoms with Crippen molar-refractivity contribution in [1.29, 1.82) is 0 Å². The topological polar surface area (TPSA) is 56.1 Å². The highest BCUT2D eigenvalue weighted by molar-refractivity contribution is 7.11. The van der Waals surface area contributed by atoms with E-state index >= 15 is 0 Å². The first-order chi connectivity index (χ1) is 9.81. The van der Waals surface area contributed by atoms with Gasteiger partial charge in [0.2, 0.25) is 0 Å². The molecule has 0 amide bonds. The van der Waals surface area contributed by atoms with E-state index in [1.54, 1.807) is 23.9 Å². The maximum Gasteiger partial charge on any atom is 0.273 e. The van der Waals surface area contributed by atoms with E-state index in [0.717, 1.165) is 37.3 Å². The molecule has 0 aromatic carbocycles. The van der Waals surface area contributed by atoms with Gasteiger partial charge in [-0.2, -0.15) is 0 Å². The highest BCUT2D eigenvalue weighted by Gasteiger charge is 2.21. The smallest absolute Gasteiger partial charge is 0.273 e. The predicted octanol–water partition coefficient (Wildman–Crippen LogP) is 1.56. The molecule has 2 aromatic heterocycles.